The van der Waals surface area contributed by atoms with Gasteiger partial charge >= 0.3 is 0 Å². The molecular weight excluding hydrogens is 300 g/mol. The molecule has 3 aromatic rings. The summed E-state index contributed by atoms with van der Waals surface area (Å²) in [4.78, 5) is 11.5. The van der Waals surface area contributed by atoms with E-state index < -0.39 is 0 Å². The molecule has 6 nitrogen and oxygen atoms in total. The molecule has 4 rings (SSSR count). The average molecular weight is 322 g/mol. The molecule has 0 saturated heterocycles. The quantitative estimate of drug-likeness (QED) is 0.802. The monoisotopic (exact) mass is 322 g/mol. The first-order valence-electron chi connectivity index (χ1n) is 8.35. The Morgan fingerprint density at radius 2 is 2.12 bits per heavy atom. The van der Waals surface area contributed by atoms with E-state index in [0.717, 1.165) is 29.6 Å². The van der Waals surface area contributed by atoms with Crippen LogP contribution < -0.4 is 5.73 Å². The maximum Gasteiger partial charge on any atom is 0.145 e. The Hall–Kier alpha value is -2.47. The number of rotatable bonds is 3. The van der Waals surface area contributed by atoms with Crippen molar-refractivity contribution in [3.05, 3.63) is 47.5 Å². The maximum absolute atomic E-state index is 6.11. The number of hydrogen-bond acceptors (Lipinski definition) is 5. The number of hydrogen-bond donors (Lipinski definition) is 1. The van der Waals surface area contributed by atoms with E-state index in [1.807, 2.05) is 42.2 Å². The second kappa shape index (κ2) is 5.87. The Morgan fingerprint density at radius 3 is 3.00 bits per heavy atom. The summed E-state index contributed by atoms with van der Waals surface area (Å²) < 4.78 is 2.00. The van der Waals surface area contributed by atoms with Gasteiger partial charge in [0.2, 0.25) is 0 Å². The molecule has 0 saturated carbocycles. The fourth-order valence-corrected chi connectivity index (χ4v) is 3.70. The Balaban J connectivity index is 1.62. The van der Waals surface area contributed by atoms with Crippen LogP contribution in [-0.2, 0) is 20.0 Å². The lowest BCUT2D eigenvalue weighted by atomic mass is 9.92. The van der Waals surface area contributed by atoms with Gasteiger partial charge in [0.05, 0.1) is 18.3 Å². The summed E-state index contributed by atoms with van der Waals surface area (Å²) in [6, 6.07) is 8.24. The SMILES string of the molecule is CN(Cc1nc(N)c2ccccc2n1)C1CCCc2c1cnn2C. The number of nitrogens with two attached hydrogens (primary N) is 1. The first-order chi connectivity index (χ1) is 11.6. The van der Waals surface area contributed by atoms with Crippen molar-refractivity contribution in [3.8, 4) is 0 Å². The molecule has 1 atom stereocenters. The van der Waals surface area contributed by atoms with Crippen molar-refractivity contribution in [1.82, 2.24) is 24.6 Å². The molecule has 0 aliphatic heterocycles. The van der Waals surface area contributed by atoms with E-state index in [9.17, 15) is 0 Å². The van der Waals surface area contributed by atoms with Crippen molar-refractivity contribution in [2.45, 2.75) is 31.8 Å². The number of anilines is 1. The lowest BCUT2D eigenvalue weighted by Crippen LogP contribution is -2.28. The van der Waals surface area contributed by atoms with Crippen LogP contribution in [0.2, 0.25) is 0 Å². The van der Waals surface area contributed by atoms with Crippen molar-refractivity contribution in [1.29, 1.82) is 0 Å². The van der Waals surface area contributed by atoms with Gasteiger partial charge in [-0.2, -0.15) is 5.10 Å². The first-order valence-corrected chi connectivity index (χ1v) is 8.35. The fraction of sp³-hybridized carbons (Fsp3) is 0.389. The van der Waals surface area contributed by atoms with Crippen molar-refractivity contribution in [2.24, 2.45) is 7.05 Å². The molecule has 1 aromatic carbocycles. The Morgan fingerprint density at radius 1 is 1.29 bits per heavy atom. The zero-order valence-corrected chi connectivity index (χ0v) is 14.1. The van der Waals surface area contributed by atoms with E-state index in [-0.39, 0.29) is 0 Å². The summed E-state index contributed by atoms with van der Waals surface area (Å²) in [5, 5.41) is 5.34. The molecule has 0 amide bonds. The third-order valence-electron chi connectivity index (χ3n) is 4.95. The highest BCUT2D eigenvalue weighted by molar-refractivity contribution is 5.87. The molecule has 0 fully saturated rings. The number of benzene rings is 1. The highest BCUT2D eigenvalue weighted by Gasteiger charge is 2.27. The van der Waals surface area contributed by atoms with E-state index >= 15 is 0 Å². The molecule has 0 spiro atoms. The zero-order chi connectivity index (χ0) is 16.7. The van der Waals surface area contributed by atoms with Gasteiger partial charge in [0, 0.05) is 29.7 Å². The predicted molar refractivity (Wildman–Crippen MR) is 94.3 cm³/mol. The second-order valence-corrected chi connectivity index (χ2v) is 6.54. The largest absolute Gasteiger partial charge is 0.383 e. The normalized spacial score (nSPS) is 17.4. The third-order valence-corrected chi connectivity index (χ3v) is 4.95. The molecule has 2 aromatic heterocycles. The predicted octanol–water partition coefficient (Wildman–Crippen LogP) is 2.45. The minimum absolute atomic E-state index is 0.360. The van der Waals surface area contributed by atoms with Gasteiger partial charge in [-0.25, -0.2) is 9.97 Å². The molecule has 124 valence electrons. The summed E-state index contributed by atoms with van der Waals surface area (Å²) in [7, 11) is 4.15. The molecule has 0 radical (unpaired) electrons. The van der Waals surface area contributed by atoms with Gasteiger partial charge in [0.1, 0.15) is 11.6 Å². The average Bonchev–Trinajstić information content (AvgIpc) is 2.96. The van der Waals surface area contributed by atoms with Gasteiger partial charge in [-0.05, 0) is 38.4 Å². The van der Waals surface area contributed by atoms with Crippen LogP contribution in [0.5, 0.6) is 0 Å². The minimum atomic E-state index is 0.360. The van der Waals surface area contributed by atoms with Crippen molar-refractivity contribution in [2.75, 3.05) is 12.8 Å². The first kappa shape index (κ1) is 15.1. The lowest BCUT2D eigenvalue weighted by Gasteiger charge is -2.31. The number of fused-ring (bicyclic) bond motifs is 2. The summed E-state index contributed by atoms with van der Waals surface area (Å²) in [6.45, 7) is 0.675. The molecular formula is C18H22N6. The van der Waals surface area contributed by atoms with Gasteiger partial charge in [0.15, 0.2) is 0 Å². The smallest absolute Gasteiger partial charge is 0.145 e. The van der Waals surface area contributed by atoms with Crippen LogP contribution in [0.3, 0.4) is 0 Å². The Bertz CT molecular complexity index is 884. The zero-order valence-electron chi connectivity index (χ0n) is 14.1. The minimum Gasteiger partial charge on any atom is -0.383 e. The second-order valence-electron chi connectivity index (χ2n) is 6.54. The number of aromatic nitrogens is 4. The van der Waals surface area contributed by atoms with Crippen molar-refractivity contribution >= 4 is 16.7 Å². The van der Waals surface area contributed by atoms with Crippen LogP contribution in [0.25, 0.3) is 10.9 Å². The molecule has 0 bridgehead atoms. The number of para-hydroxylation sites is 1. The standard InChI is InChI=1S/C18H22N6/c1-23(15-8-5-9-16-13(15)10-20-24(16)2)11-17-21-14-7-4-3-6-12(14)18(19)22-17/h3-4,6-7,10,15H,5,8-9,11H2,1-2H3,(H2,19,21,22). The summed E-state index contributed by atoms with van der Waals surface area (Å²) >= 11 is 0. The molecule has 24 heavy (non-hydrogen) atoms. The number of nitrogen functional groups attached to an aromatic ring is 1. The van der Waals surface area contributed by atoms with Gasteiger partial charge in [0.25, 0.3) is 0 Å². The number of aryl methyl sites for hydroxylation is 1. The Kier molecular flexibility index (Phi) is 3.69. The fourth-order valence-electron chi connectivity index (χ4n) is 3.70. The number of nitrogens with zero attached hydrogens (tertiary/aromatic N) is 5. The van der Waals surface area contributed by atoms with E-state index in [1.165, 1.54) is 17.7 Å². The lowest BCUT2D eigenvalue weighted by molar-refractivity contribution is 0.208. The molecule has 2 heterocycles. The van der Waals surface area contributed by atoms with Gasteiger partial charge in [-0.3, -0.25) is 9.58 Å². The van der Waals surface area contributed by atoms with Crippen molar-refractivity contribution < 1.29 is 0 Å². The van der Waals surface area contributed by atoms with E-state index in [2.05, 4.69) is 27.0 Å². The van der Waals surface area contributed by atoms with E-state index in [1.54, 1.807) is 0 Å². The maximum atomic E-state index is 6.11. The van der Waals surface area contributed by atoms with Crippen LogP contribution in [0.15, 0.2) is 30.5 Å². The summed E-state index contributed by atoms with van der Waals surface area (Å²) in [5.74, 6) is 1.32. The Labute approximate surface area is 141 Å². The summed E-state index contributed by atoms with van der Waals surface area (Å²) in [5.41, 5.74) is 9.69. The van der Waals surface area contributed by atoms with Crippen LogP contribution in [0.1, 0.15) is 36.0 Å². The van der Waals surface area contributed by atoms with Crippen molar-refractivity contribution in [3.63, 3.8) is 0 Å². The van der Waals surface area contributed by atoms with Gasteiger partial charge < -0.3 is 5.73 Å². The highest BCUT2D eigenvalue weighted by Crippen LogP contribution is 2.33. The summed E-state index contributed by atoms with van der Waals surface area (Å²) in [6.07, 6.45) is 5.43. The van der Waals surface area contributed by atoms with Crippen LogP contribution in [-0.4, -0.2) is 31.7 Å². The topological polar surface area (TPSA) is 72.9 Å². The molecule has 1 aliphatic carbocycles. The van der Waals surface area contributed by atoms with Crippen LogP contribution in [0.4, 0.5) is 5.82 Å². The van der Waals surface area contributed by atoms with Gasteiger partial charge in [-0.15, -0.1) is 0 Å². The third kappa shape index (κ3) is 2.53. The highest BCUT2D eigenvalue weighted by atomic mass is 15.3. The van der Waals surface area contributed by atoms with Crippen LogP contribution >= 0.6 is 0 Å². The van der Waals surface area contributed by atoms with Gasteiger partial charge in [-0.1, -0.05) is 12.1 Å². The molecule has 6 heteroatoms. The molecule has 2 N–H and O–H groups in total. The van der Waals surface area contributed by atoms with E-state index in [0.29, 0.717) is 18.4 Å². The molecule has 1 aliphatic rings. The van der Waals surface area contributed by atoms with E-state index in [4.69, 9.17) is 5.73 Å². The molecule has 1 unspecified atom stereocenters. The van der Waals surface area contributed by atoms with Crippen LogP contribution in [0, 0.1) is 0 Å².